The molecule has 0 radical (unpaired) electrons. The van der Waals surface area contributed by atoms with Crippen LogP contribution in [0.15, 0.2) is 35.4 Å². The molecule has 4 heterocycles. The van der Waals surface area contributed by atoms with Gasteiger partial charge in [-0.1, -0.05) is 5.16 Å². The molecule has 3 aromatic heterocycles. The molecule has 0 unspecified atom stereocenters. The molecule has 3 aromatic rings. The lowest BCUT2D eigenvalue weighted by Gasteiger charge is -2.34. The van der Waals surface area contributed by atoms with Crippen LogP contribution in [0, 0.1) is 0 Å². The zero-order valence-electron chi connectivity index (χ0n) is 15.4. The molecule has 4 rings (SSSR count). The number of piperazine rings is 1. The van der Waals surface area contributed by atoms with E-state index in [1.54, 1.807) is 23.4 Å². The summed E-state index contributed by atoms with van der Waals surface area (Å²) < 4.78 is 5.30. The van der Waals surface area contributed by atoms with E-state index in [2.05, 4.69) is 40.5 Å². The first-order valence-electron chi connectivity index (χ1n) is 9.05. The van der Waals surface area contributed by atoms with Crippen molar-refractivity contribution in [1.29, 1.82) is 0 Å². The Balaban J connectivity index is 1.29. The molecule has 0 saturated carbocycles. The van der Waals surface area contributed by atoms with Crippen molar-refractivity contribution in [2.45, 2.75) is 19.5 Å². The van der Waals surface area contributed by atoms with Crippen LogP contribution in [-0.2, 0) is 6.54 Å². The van der Waals surface area contributed by atoms with Crippen molar-refractivity contribution < 1.29 is 9.32 Å². The summed E-state index contributed by atoms with van der Waals surface area (Å²) in [5.74, 6) is 1.63. The topological polar surface area (TPSA) is 129 Å². The fourth-order valence-electron chi connectivity index (χ4n) is 2.99. The molecule has 0 spiro atoms. The first-order valence-corrected chi connectivity index (χ1v) is 9.05. The van der Waals surface area contributed by atoms with Crippen LogP contribution in [0.5, 0.6) is 0 Å². The van der Waals surface area contributed by atoms with Gasteiger partial charge in [0, 0.05) is 44.1 Å². The van der Waals surface area contributed by atoms with Crippen LogP contribution >= 0.6 is 0 Å². The van der Waals surface area contributed by atoms with Gasteiger partial charge in [0.05, 0.1) is 6.54 Å². The zero-order chi connectivity index (χ0) is 19.3. The lowest BCUT2D eigenvalue weighted by atomic mass is 10.3. The predicted molar refractivity (Wildman–Crippen MR) is 97.7 cm³/mol. The Kier molecular flexibility index (Phi) is 5.24. The molecule has 146 valence electrons. The van der Waals surface area contributed by atoms with E-state index in [1.807, 2.05) is 13.0 Å². The number of urea groups is 1. The number of hydrogen-bond donors (Lipinski definition) is 2. The van der Waals surface area contributed by atoms with Gasteiger partial charge in [-0.3, -0.25) is 15.0 Å². The molecule has 2 amide bonds. The number of hydrogen-bond acceptors (Lipinski definition) is 8. The summed E-state index contributed by atoms with van der Waals surface area (Å²) in [7, 11) is 0. The van der Waals surface area contributed by atoms with Gasteiger partial charge in [-0.25, -0.2) is 9.78 Å². The molecular weight excluding hydrogens is 362 g/mol. The Morgan fingerprint density at radius 3 is 2.93 bits per heavy atom. The number of aromatic amines is 1. The number of pyridine rings is 1. The highest BCUT2D eigenvalue weighted by Gasteiger charge is 2.24. The summed E-state index contributed by atoms with van der Waals surface area (Å²) in [6.07, 6.45) is 4.84. The Hall–Kier alpha value is -3.34. The van der Waals surface area contributed by atoms with Crippen LogP contribution in [0.4, 0.5) is 4.79 Å². The average Bonchev–Trinajstić information content (AvgIpc) is 3.41. The minimum absolute atomic E-state index is 0.145. The second kappa shape index (κ2) is 8.13. The van der Waals surface area contributed by atoms with Crippen LogP contribution in [0.3, 0.4) is 0 Å². The molecule has 1 aliphatic rings. The van der Waals surface area contributed by atoms with Crippen molar-refractivity contribution in [3.8, 4) is 11.4 Å². The lowest BCUT2D eigenvalue weighted by molar-refractivity contribution is 0.131. The lowest BCUT2D eigenvalue weighted by Crippen LogP contribution is -2.51. The Labute approximate surface area is 161 Å². The normalized spacial score (nSPS) is 16.1. The van der Waals surface area contributed by atoms with E-state index in [-0.39, 0.29) is 6.03 Å². The average molecular weight is 383 g/mol. The van der Waals surface area contributed by atoms with Crippen molar-refractivity contribution in [2.75, 3.05) is 26.2 Å². The van der Waals surface area contributed by atoms with E-state index in [1.165, 1.54) is 6.33 Å². The number of rotatable bonds is 5. The summed E-state index contributed by atoms with van der Waals surface area (Å²) >= 11 is 0. The van der Waals surface area contributed by atoms with Crippen molar-refractivity contribution in [3.63, 3.8) is 0 Å². The second-order valence-electron chi connectivity index (χ2n) is 6.56. The van der Waals surface area contributed by atoms with Gasteiger partial charge in [-0.05, 0) is 19.1 Å². The van der Waals surface area contributed by atoms with E-state index in [0.29, 0.717) is 31.3 Å². The summed E-state index contributed by atoms with van der Waals surface area (Å²) in [6, 6.07) is 3.12. The van der Waals surface area contributed by atoms with Crippen molar-refractivity contribution in [1.82, 2.24) is 45.4 Å². The molecule has 1 aliphatic heterocycles. The number of nitrogens with zero attached hydrogens (tertiary/aromatic N) is 7. The number of carbonyl (C=O) groups is 1. The van der Waals surface area contributed by atoms with Gasteiger partial charge in [0.2, 0.25) is 11.7 Å². The molecule has 11 heteroatoms. The smallest absolute Gasteiger partial charge is 0.318 e. The van der Waals surface area contributed by atoms with Crippen LogP contribution in [-0.4, -0.2) is 72.3 Å². The van der Waals surface area contributed by atoms with E-state index in [9.17, 15) is 4.79 Å². The fraction of sp³-hybridized carbons (Fsp3) is 0.412. The number of nitrogens with one attached hydrogen (secondary N) is 2. The highest BCUT2D eigenvalue weighted by molar-refractivity contribution is 5.74. The standard InChI is InChI=1S/C17H21N9O2/c1-12(16-22-15(24-28-16)13-3-2-4-18-9-13)21-17(27)26-7-5-25(6-8-26)10-14-19-11-20-23-14/h2-4,9,11-12H,5-8,10H2,1H3,(H,21,27)(H,19,20,23)/t12-/m0/s1. The van der Waals surface area contributed by atoms with Crippen LogP contribution in [0.2, 0.25) is 0 Å². The monoisotopic (exact) mass is 383 g/mol. The van der Waals surface area contributed by atoms with E-state index in [4.69, 9.17) is 4.52 Å². The maximum absolute atomic E-state index is 12.6. The van der Waals surface area contributed by atoms with Gasteiger partial charge in [0.25, 0.3) is 0 Å². The molecule has 0 aliphatic carbocycles. The second-order valence-corrected chi connectivity index (χ2v) is 6.56. The first-order chi connectivity index (χ1) is 13.7. The molecule has 1 fully saturated rings. The SMILES string of the molecule is C[C@H](NC(=O)N1CCN(Cc2ncn[nH]2)CC1)c1nc(-c2cccnc2)no1. The van der Waals surface area contributed by atoms with E-state index in [0.717, 1.165) is 24.5 Å². The highest BCUT2D eigenvalue weighted by Crippen LogP contribution is 2.18. The number of carbonyl (C=O) groups excluding carboxylic acids is 1. The van der Waals surface area contributed by atoms with Gasteiger partial charge in [0.1, 0.15) is 18.2 Å². The van der Waals surface area contributed by atoms with Crippen molar-refractivity contribution in [2.24, 2.45) is 0 Å². The number of aromatic nitrogens is 6. The van der Waals surface area contributed by atoms with Gasteiger partial charge in [-0.15, -0.1) is 0 Å². The Morgan fingerprint density at radius 1 is 1.36 bits per heavy atom. The molecule has 1 atom stereocenters. The van der Waals surface area contributed by atoms with E-state index >= 15 is 0 Å². The highest BCUT2D eigenvalue weighted by atomic mass is 16.5. The number of H-pyrrole nitrogens is 1. The summed E-state index contributed by atoms with van der Waals surface area (Å²) in [5, 5.41) is 13.6. The third-order valence-electron chi connectivity index (χ3n) is 4.57. The quantitative estimate of drug-likeness (QED) is 0.663. The van der Waals surface area contributed by atoms with Crippen molar-refractivity contribution in [3.05, 3.63) is 42.6 Å². The third kappa shape index (κ3) is 4.14. The fourth-order valence-corrected chi connectivity index (χ4v) is 2.99. The number of amides is 2. The maximum atomic E-state index is 12.6. The molecule has 0 bridgehead atoms. The molecule has 0 aromatic carbocycles. The van der Waals surface area contributed by atoms with Crippen LogP contribution < -0.4 is 5.32 Å². The van der Waals surface area contributed by atoms with Gasteiger partial charge >= 0.3 is 6.03 Å². The van der Waals surface area contributed by atoms with E-state index < -0.39 is 6.04 Å². The van der Waals surface area contributed by atoms with Gasteiger partial charge in [0.15, 0.2) is 0 Å². The van der Waals surface area contributed by atoms with Crippen molar-refractivity contribution >= 4 is 6.03 Å². The predicted octanol–water partition coefficient (Wildman–Crippen LogP) is 0.838. The molecule has 2 N–H and O–H groups in total. The summed E-state index contributed by atoms with van der Waals surface area (Å²) in [4.78, 5) is 29.1. The molecule has 1 saturated heterocycles. The zero-order valence-corrected chi connectivity index (χ0v) is 15.4. The third-order valence-corrected chi connectivity index (χ3v) is 4.57. The molecule has 11 nitrogen and oxygen atoms in total. The molecular formula is C17H21N9O2. The minimum atomic E-state index is -0.391. The molecule has 28 heavy (non-hydrogen) atoms. The first kappa shape index (κ1) is 18.0. The maximum Gasteiger partial charge on any atom is 0.318 e. The van der Waals surface area contributed by atoms with Gasteiger partial charge in [-0.2, -0.15) is 10.1 Å². The summed E-state index contributed by atoms with van der Waals surface area (Å²) in [6.45, 7) is 5.33. The summed E-state index contributed by atoms with van der Waals surface area (Å²) in [5.41, 5.74) is 0.763. The van der Waals surface area contributed by atoms with Crippen LogP contribution in [0.1, 0.15) is 24.7 Å². The Morgan fingerprint density at radius 2 is 2.21 bits per heavy atom. The largest absolute Gasteiger partial charge is 0.337 e. The van der Waals surface area contributed by atoms with Crippen LogP contribution in [0.25, 0.3) is 11.4 Å². The van der Waals surface area contributed by atoms with Gasteiger partial charge < -0.3 is 14.7 Å². The minimum Gasteiger partial charge on any atom is -0.337 e. The Bertz CT molecular complexity index is 889.